The SMILES string of the molecule is COc1ccc(NS(=O)(=O)c2ccc(OCC(=O)N3CCN(c4cccc(C)c4C)CC3)c(C)c2)cc1. The summed E-state index contributed by atoms with van der Waals surface area (Å²) in [6.45, 7) is 8.69. The van der Waals surface area contributed by atoms with Gasteiger partial charge in [-0.1, -0.05) is 12.1 Å². The Kier molecular flexibility index (Phi) is 7.92. The second kappa shape index (κ2) is 11.1. The number of nitrogens with one attached hydrogen (secondary N) is 1. The van der Waals surface area contributed by atoms with Gasteiger partial charge >= 0.3 is 0 Å². The van der Waals surface area contributed by atoms with Crippen LogP contribution in [0.5, 0.6) is 11.5 Å². The Morgan fingerprint density at radius 2 is 1.62 bits per heavy atom. The van der Waals surface area contributed by atoms with E-state index in [4.69, 9.17) is 9.47 Å². The van der Waals surface area contributed by atoms with Gasteiger partial charge in [-0.05, 0) is 86.0 Å². The highest BCUT2D eigenvalue weighted by Gasteiger charge is 2.23. The minimum atomic E-state index is -3.78. The van der Waals surface area contributed by atoms with Crippen molar-refractivity contribution in [2.75, 3.05) is 49.5 Å². The zero-order chi connectivity index (χ0) is 26.6. The van der Waals surface area contributed by atoms with E-state index >= 15 is 0 Å². The number of rotatable bonds is 8. The maximum atomic E-state index is 12.8. The van der Waals surface area contributed by atoms with Crippen LogP contribution in [0, 0.1) is 20.8 Å². The van der Waals surface area contributed by atoms with Gasteiger partial charge in [0.1, 0.15) is 11.5 Å². The number of amides is 1. The average molecular weight is 524 g/mol. The summed E-state index contributed by atoms with van der Waals surface area (Å²) in [6, 6.07) is 17.5. The van der Waals surface area contributed by atoms with E-state index in [9.17, 15) is 13.2 Å². The lowest BCUT2D eigenvalue weighted by atomic mass is 10.1. The number of sulfonamides is 1. The molecule has 1 aliphatic rings. The van der Waals surface area contributed by atoms with Crippen LogP contribution in [0.15, 0.2) is 65.6 Å². The zero-order valence-electron chi connectivity index (χ0n) is 21.7. The molecular weight excluding hydrogens is 490 g/mol. The number of hydrogen-bond donors (Lipinski definition) is 1. The minimum absolute atomic E-state index is 0.0853. The van der Waals surface area contributed by atoms with E-state index in [2.05, 4.69) is 41.7 Å². The largest absolute Gasteiger partial charge is 0.497 e. The third-order valence-electron chi connectivity index (χ3n) is 6.70. The molecule has 1 saturated heterocycles. The van der Waals surface area contributed by atoms with Crippen molar-refractivity contribution in [2.45, 2.75) is 25.7 Å². The molecule has 0 spiro atoms. The smallest absolute Gasteiger partial charge is 0.261 e. The summed E-state index contributed by atoms with van der Waals surface area (Å²) in [4.78, 5) is 17.0. The number of piperazine rings is 1. The number of nitrogens with zero attached hydrogens (tertiary/aromatic N) is 2. The molecule has 9 heteroatoms. The molecule has 1 heterocycles. The van der Waals surface area contributed by atoms with Gasteiger partial charge in [0.2, 0.25) is 0 Å². The van der Waals surface area contributed by atoms with Crippen molar-refractivity contribution in [3.05, 3.63) is 77.4 Å². The third-order valence-corrected chi connectivity index (χ3v) is 8.08. The van der Waals surface area contributed by atoms with Gasteiger partial charge in [-0.2, -0.15) is 0 Å². The van der Waals surface area contributed by atoms with E-state index in [1.807, 2.05) is 4.90 Å². The molecule has 37 heavy (non-hydrogen) atoms. The van der Waals surface area contributed by atoms with Gasteiger partial charge in [0.05, 0.1) is 12.0 Å². The van der Waals surface area contributed by atoms with E-state index in [-0.39, 0.29) is 17.4 Å². The molecule has 1 fully saturated rings. The van der Waals surface area contributed by atoms with E-state index in [0.29, 0.717) is 35.8 Å². The normalized spacial score (nSPS) is 13.8. The van der Waals surface area contributed by atoms with Crippen molar-refractivity contribution >= 4 is 27.3 Å². The molecule has 1 amide bonds. The van der Waals surface area contributed by atoms with Crippen molar-refractivity contribution in [2.24, 2.45) is 0 Å². The predicted molar refractivity (Wildman–Crippen MR) is 145 cm³/mol. The van der Waals surface area contributed by atoms with Crippen LogP contribution in [-0.2, 0) is 14.8 Å². The molecule has 3 aromatic carbocycles. The second-order valence-electron chi connectivity index (χ2n) is 9.14. The highest BCUT2D eigenvalue weighted by molar-refractivity contribution is 7.92. The van der Waals surface area contributed by atoms with Crippen molar-refractivity contribution in [3.63, 3.8) is 0 Å². The van der Waals surface area contributed by atoms with Crippen molar-refractivity contribution in [3.8, 4) is 11.5 Å². The van der Waals surface area contributed by atoms with Gasteiger partial charge in [0.25, 0.3) is 15.9 Å². The number of ether oxygens (including phenoxy) is 2. The summed E-state index contributed by atoms with van der Waals surface area (Å²) >= 11 is 0. The van der Waals surface area contributed by atoms with Crippen LogP contribution in [0.1, 0.15) is 16.7 Å². The third kappa shape index (κ3) is 6.17. The quantitative estimate of drug-likeness (QED) is 0.477. The Hall–Kier alpha value is -3.72. The fourth-order valence-electron chi connectivity index (χ4n) is 4.33. The first kappa shape index (κ1) is 26.3. The van der Waals surface area contributed by atoms with E-state index in [0.717, 1.165) is 13.1 Å². The van der Waals surface area contributed by atoms with E-state index < -0.39 is 10.0 Å². The molecule has 0 unspecified atom stereocenters. The maximum Gasteiger partial charge on any atom is 0.261 e. The summed E-state index contributed by atoms with van der Waals surface area (Å²) in [7, 11) is -2.23. The van der Waals surface area contributed by atoms with Crippen LogP contribution in [0.25, 0.3) is 0 Å². The minimum Gasteiger partial charge on any atom is -0.497 e. The first-order chi connectivity index (χ1) is 17.7. The Balaban J connectivity index is 1.32. The molecule has 8 nitrogen and oxygen atoms in total. The molecule has 0 aromatic heterocycles. The lowest BCUT2D eigenvalue weighted by Gasteiger charge is -2.37. The van der Waals surface area contributed by atoms with Crippen molar-refractivity contribution in [1.29, 1.82) is 0 Å². The Labute approximate surface area is 218 Å². The topological polar surface area (TPSA) is 88.2 Å². The lowest BCUT2D eigenvalue weighted by Crippen LogP contribution is -2.50. The van der Waals surface area contributed by atoms with Gasteiger partial charge < -0.3 is 19.3 Å². The van der Waals surface area contributed by atoms with E-state index in [1.54, 1.807) is 44.4 Å². The molecule has 3 aromatic rings. The Bertz CT molecular complexity index is 1370. The monoisotopic (exact) mass is 523 g/mol. The summed E-state index contributed by atoms with van der Waals surface area (Å²) in [5, 5.41) is 0. The number of anilines is 2. The zero-order valence-corrected chi connectivity index (χ0v) is 22.5. The molecule has 0 radical (unpaired) electrons. The summed E-state index contributed by atoms with van der Waals surface area (Å²) in [6.07, 6.45) is 0. The molecule has 0 saturated carbocycles. The number of hydrogen-bond acceptors (Lipinski definition) is 6. The van der Waals surface area contributed by atoms with Gasteiger partial charge in [0.15, 0.2) is 6.61 Å². The van der Waals surface area contributed by atoms with Crippen LogP contribution in [0.3, 0.4) is 0 Å². The fraction of sp³-hybridized carbons (Fsp3) is 0.321. The molecule has 1 N–H and O–H groups in total. The summed E-state index contributed by atoms with van der Waals surface area (Å²) in [5.74, 6) is 1.03. The first-order valence-corrected chi connectivity index (χ1v) is 13.7. The van der Waals surface area contributed by atoms with Crippen LogP contribution >= 0.6 is 0 Å². The first-order valence-electron chi connectivity index (χ1n) is 12.2. The number of carbonyl (C=O) groups excluding carboxylic acids is 1. The Morgan fingerprint density at radius 3 is 2.27 bits per heavy atom. The van der Waals surface area contributed by atoms with Crippen LogP contribution < -0.4 is 19.1 Å². The highest BCUT2D eigenvalue weighted by atomic mass is 32.2. The molecule has 0 bridgehead atoms. The van der Waals surface area contributed by atoms with Crippen molar-refractivity contribution < 1.29 is 22.7 Å². The van der Waals surface area contributed by atoms with Gasteiger partial charge in [-0.25, -0.2) is 8.42 Å². The fourth-order valence-corrected chi connectivity index (χ4v) is 5.47. The molecule has 0 atom stereocenters. The number of methoxy groups -OCH3 is 1. The van der Waals surface area contributed by atoms with Gasteiger partial charge in [0, 0.05) is 37.6 Å². The lowest BCUT2D eigenvalue weighted by molar-refractivity contribution is -0.133. The van der Waals surface area contributed by atoms with Gasteiger partial charge in [-0.15, -0.1) is 0 Å². The highest BCUT2D eigenvalue weighted by Crippen LogP contribution is 2.26. The predicted octanol–water partition coefficient (Wildman–Crippen LogP) is 4.15. The summed E-state index contributed by atoms with van der Waals surface area (Å²) in [5.41, 5.74) is 4.81. The maximum absolute atomic E-state index is 12.8. The molecule has 1 aliphatic heterocycles. The molecule has 4 rings (SSSR count). The van der Waals surface area contributed by atoms with Crippen molar-refractivity contribution in [1.82, 2.24) is 4.90 Å². The van der Waals surface area contributed by atoms with Crippen LogP contribution in [0.2, 0.25) is 0 Å². The second-order valence-corrected chi connectivity index (χ2v) is 10.8. The van der Waals surface area contributed by atoms with Gasteiger partial charge in [-0.3, -0.25) is 9.52 Å². The molecule has 0 aliphatic carbocycles. The average Bonchev–Trinajstić information content (AvgIpc) is 2.89. The number of aryl methyl sites for hydroxylation is 2. The summed E-state index contributed by atoms with van der Waals surface area (Å²) < 4.78 is 39.1. The van der Waals surface area contributed by atoms with E-state index in [1.165, 1.54) is 28.9 Å². The molecular formula is C28H33N3O5S. The standard InChI is InChI=1S/C28H33N3O5S/c1-20-6-5-7-26(22(20)3)30-14-16-31(17-15-30)28(32)19-36-27-13-12-25(18-21(27)2)37(33,34)29-23-8-10-24(35-4)11-9-23/h5-13,18,29H,14-17,19H2,1-4H3. The van der Waals surface area contributed by atoms with Crippen LogP contribution in [0.4, 0.5) is 11.4 Å². The Morgan fingerprint density at radius 1 is 0.919 bits per heavy atom. The number of benzene rings is 3. The molecule has 196 valence electrons. The van der Waals surface area contributed by atoms with Crippen LogP contribution in [-0.4, -0.2) is 59.1 Å². The number of carbonyl (C=O) groups is 1.